The van der Waals surface area contributed by atoms with Gasteiger partial charge in [-0.1, -0.05) is 32.4 Å². The monoisotopic (exact) mass is 334 g/mol. The molecule has 0 heterocycles. The molecule has 0 aliphatic carbocycles. The van der Waals surface area contributed by atoms with E-state index in [1.165, 1.54) is 6.07 Å². The maximum absolute atomic E-state index is 12.4. The summed E-state index contributed by atoms with van der Waals surface area (Å²) in [5.41, 5.74) is -0.0445. The number of nitro groups is 1. The minimum atomic E-state index is -3.83. The van der Waals surface area contributed by atoms with Crippen LogP contribution in [-0.2, 0) is 10.0 Å². The molecule has 0 fully saturated rings. The molecule has 1 unspecified atom stereocenters. The standard InChI is InChI=1S/C13H19ClN2O4S/c1-5-11(8(2)3)15-21(19,20)13-7-12(16(17)18)10(14)6-9(13)4/h6-8,11,15H,5H2,1-4H3. The summed E-state index contributed by atoms with van der Waals surface area (Å²) >= 11 is 5.77. The van der Waals surface area contributed by atoms with Gasteiger partial charge < -0.3 is 0 Å². The molecule has 0 saturated carbocycles. The zero-order valence-corrected chi connectivity index (χ0v) is 14.0. The fraction of sp³-hybridized carbons (Fsp3) is 0.538. The number of hydrogen-bond acceptors (Lipinski definition) is 4. The minimum Gasteiger partial charge on any atom is -0.258 e. The number of nitrogens with one attached hydrogen (secondary N) is 1. The predicted molar refractivity (Wildman–Crippen MR) is 82.1 cm³/mol. The van der Waals surface area contributed by atoms with Crippen LogP contribution in [-0.4, -0.2) is 19.4 Å². The van der Waals surface area contributed by atoms with Gasteiger partial charge >= 0.3 is 0 Å². The number of benzene rings is 1. The van der Waals surface area contributed by atoms with Gasteiger partial charge in [0.15, 0.2) is 0 Å². The third-order valence-corrected chi connectivity index (χ3v) is 5.22. The van der Waals surface area contributed by atoms with Crippen LogP contribution in [0.2, 0.25) is 5.02 Å². The largest absolute Gasteiger partial charge is 0.289 e. The normalized spacial score (nSPS) is 13.4. The second-order valence-electron chi connectivity index (χ2n) is 5.21. The number of sulfonamides is 1. The third kappa shape index (κ3) is 4.15. The van der Waals surface area contributed by atoms with E-state index in [2.05, 4.69) is 4.72 Å². The Morgan fingerprint density at radius 3 is 2.38 bits per heavy atom. The summed E-state index contributed by atoms with van der Waals surface area (Å²) in [6.45, 7) is 7.26. The molecule has 0 radical (unpaired) electrons. The van der Waals surface area contributed by atoms with Crippen LogP contribution in [0.15, 0.2) is 17.0 Å². The topological polar surface area (TPSA) is 89.3 Å². The van der Waals surface area contributed by atoms with Crippen LogP contribution < -0.4 is 4.72 Å². The maximum Gasteiger partial charge on any atom is 0.289 e. The highest BCUT2D eigenvalue weighted by Crippen LogP contribution is 2.30. The highest BCUT2D eigenvalue weighted by atomic mass is 35.5. The molecule has 21 heavy (non-hydrogen) atoms. The van der Waals surface area contributed by atoms with E-state index in [0.717, 1.165) is 6.07 Å². The summed E-state index contributed by atoms with van der Waals surface area (Å²) in [4.78, 5) is 10.1. The fourth-order valence-corrected chi connectivity index (χ4v) is 4.03. The van der Waals surface area contributed by atoms with Crippen LogP contribution >= 0.6 is 11.6 Å². The van der Waals surface area contributed by atoms with Gasteiger partial charge in [-0.25, -0.2) is 13.1 Å². The molecular weight excluding hydrogens is 316 g/mol. The molecule has 1 aromatic rings. The Hall–Kier alpha value is -1.18. The van der Waals surface area contributed by atoms with Crippen molar-refractivity contribution in [3.63, 3.8) is 0 Å². The zero-order valence-electron chi connectivity index (χ0n) is 12.4. The highest BCUT2D eigenvalue weighted by Gasteiger charge is 2.26. The molecule has 118 valence electrons. The van der Waals surface area contributed by atoms with Gasteiger partial charge in [0.05, 0.1) is 9.82 Å². The van der Waals surface area contributed by atoms with Crippen LogP contribution in [0.4, 0.5) is 5.69 Å². The Labute approximate surface area is 129 Å². The lowest BCUT2D eigenvalue weighted by Gasteiger charge is -2.21. The van der Waals surface area contributed by atoms with Crippen LogP contribution in [0.5, 0.6) is 0 Å². The van der Waals surface area contributed by atoms with E-state index in [-0.39, 0.29) is 21.9 Å². The summed E-state index contributed by atoms with van der Waals surface area (Å²) in [5, 5.41) is 10.8. The van der Waals surface area contributed by atoms with Gasteiger partial charge in [-0.2, -0.15) is 0 Å². The average molecular weight is 335 g/mol. The number of nitro benzene ring substituents is 1. The molecule has 1 N–H and O–H groups in total. The zero-order chi connectivity index (χ0) is 16.4. The van der Waals surface area contributed by atoms with Gasteiger partial charge in [0, 0.05) is 12.1 Å². The van der Waals surface area contributed by atoms with E-state index in [9.17, 15) is 18.5 Å². The van der Waals surface area contributed by atoms with Crippen LogP contribution in [0.25, 0.3) is 0 Å². The maximum atomic E-state index is 12.4. The fourth-order valence-electron chi connectivity index (χ4n) is 2.03. The van der Waals surface area contributed by atoms with E-state index < -0.39 is 20.6 Å². The molecule has 0 aliphatic rings. The molecule has 0 amide bonds. The molecule has 0 bridgehead atoms. The SMILES string of the molecule is CCC(NS(=O)(=O)c1cc([N+](=O)[O-])c(Cl)cc1C)C(C)C. The molecule has 0 aliphatic heterocycles. The van der Waals surface area contributed by atoms with Crippen molar-refractivity contribution in [2.75, 3.05) is 0 Å². The molecule has 1 rings (SSSR count). The average Bonchev–Trinajstić information content (AvgIpc) is 2.34. The van der Waals surface area contributed by atoms with Crippen molar-refractivity contribution >= 4 is 27.3 Å². The lowest BCUT2D eigenvalue weighted by atomic mass is 10.0. The number of aryl methyl sites for hydroxylation is 1. The minimum absolute atomic E-state index is 0.0765. The van der Waals surface area contributed by atoms with Crippen molar-refractivity contribution in [2.24, 2.45) is 5.92 Å². The van der Waals surface area contributed by atoms with E-state index in [0.29, 0.717) is 12.0 Å². The van der Waals surface area contributed by atoms with Gasteiger partial charge in [-0.3, -0.25) is 10.1 Å². The molecule has 6 nitrogen and oxygen atoms in total. The predicted octanol–water partition coefficient (Wildman–Crippen LogP) is 3.27. The Bertz CT molecular complexity index is 644. The van der Waals surface area contributed by atoms with E-state index in [4.69, 9.17) is 11.6 Å². The summed E-state index contributed by atoms with van der Waals surface area (Å²) in [5.74, 6) is 0.118. The van der Waals surface area contributed by atoms with E-state index >= 15 is 0 Å². The molecule has 0 spiro atoms. The van der Waals surface area contributed by atoms with Crippen LogP contribution in [0.1, 0.15) is 32.8 Å². The van der Waals surface area contributed by atoms with Gasteiger partial charge in [-0.05, 0) is 30.9 Å². The Morgan fingerprint density at radius 1 is 1.38 bits per heavy atom. The van der Waals surface area contributed by atoms with Gasteiger partial charge in [0.25, 0.3) is 5.69 Å². The quantitative estimate of drug-likeness (QED) is 0.638. The first-order valence-electron chi connectivity index (χ1n) is 6.57. The first-order chi connectivity index (χ1) is 9.60. The second-order valence-corrected chi connectivity index (χ2v) is 7.30. The van der Waals surface area contributed by atoms with Crippen LogP contribution in [0.3, 0.4) is 0 Å². The Kier molecular flexibility index (Phi) is 5.72. The van der Waals surface area contributed by atoms with Crippen molar-refractivity contribution in [3.05, 3.63) is 32.8 Å². The van der Waals surface area contributed by atoms with E-state index in [1.807, 2.05) is 20.8 Å². The highest BCUT2D eigenvalue weighted by molar-refractivity contribution is 7.89. The Balaban J connectivity index is 3.31. The van der Waals surface area contributed by atoms with Gasteiger partial charge in [-0.15, -0.1) is 0 Å². The molecule has 1 aromatic carbocycles. The number of halogens is 1. The first-order valence-corrected chi connectivity index (χ1v) is 8.43. The van der Waals surface area contributed by atoms with Gasteiger partial charge in [0.2, 0.25) is 10.0 Å². The van der Waals surface area contributed by atoms with Crippen molar-refractivity contribution in [1.29, 1.82) is 0 Å². The second kappa shape index (κ2) is 6.72. The van der Waals surface area contributed by atoms with Crippen molar-refractivity contribution in [3.8, 4) is 0 Å². The van der Waals surface area contributed by atoms with Gasteiger partial charge in [0.1, 0.15) is 5.02 Å². The smallest absolute Gasteiger partial charge is 0.258 e. The molecule has 1 atom stereocenters. The number of rotatable bonds is 6. The lowest BCUT2D eigenvalue weighted by Crippen LogP contribution is -2.38. The number of nitrogens with zero attached hydrogens (tertiary/aromatic N) is 1. The lowest BCUT2D eigenvalue weighted by molar-refractivity contribution is -0.384. The van der Waals surface area contributed by atoms with Crippen molar-refractivity contribution < 1.29 is 13.3 Å². The third-order valence-electron chi connectivity index (χ3n) is 3.28. The summed E-state index contributed by atoms with van der Waals surface area (Å²) in [6.07, 6.45) is 0.631. The molecular formula is C13H19ClN2O4S. The van der Waals surface area contributed by atoms with Crippen molar-refractivity contribution in [1.82, 2.24) is 4.72 Å². The first kappa shape index (κ1) is 17.9. The summed E-state index contributed by atoms with van der Waals surface area (Å²) in [7, 11) is -3.83. The van der Waals surface area contributed by atoms with Crippen LogP contribution in [0, 0.1) is 23.0 Å². The number of hydrogen-bond donors (Lipinski definition) is 1. The summed E-state index contributed by atoms with van der Waals surface area (Å²) in [6, 6.07) is 2.07. The molecule has 0 aromatic heterocycles. The Morgan fingerprint density at radius 2 is 1.95 bits per heavy atom. The van der Waals surface area contributed by atoms with E-state index in [1.54, 1.807) is 6.92 Å². The molecule has 0 saturated heterocycles. The van der Waals surface area contributed by atoms with Crippen molar-refractivity contribution in [2.45, 2.75) is 45.1 Å². The summed E-state index contributed by atoms with van der Waals surface area (Å²) < 4.78 is 27.5. The molecule has 8 heteroatoms.